The Hall–Kier alpha value is -1.95. The molecule has 0 amide bonds. The molecule has 3 rings (SSSR count). The molecule has 1 fully saturated rings. The molecule has 2 aromatic carbocycles. The van der Waals surface area contributed by atoms with E-state index in [2.05, 4.69) is 119 Å². The van der Waals surface area contributed by atoms with Crippen LogP contribution in [0.25, 0.3) is 0 Å². The van der Waals surface area contributed by atoms with E-state index in [9.17, 15) is 10.2 Å². The van der Waals surface area contributed by atoms with Gasteiger partial charge in [0.15, 0.2) is 0 Å². The van der Waals surface area contributed by atoms with Gasteiger partial charge in [-0.2, -0.15) is 0 Å². The standard InChI is InChI=1S/C45H74N2O2.O.V/c1-14-42(9,15-2)34-26-32(40(48)36(28-34)44(11,18-5)19-6)30-46-38-24-22-23-25-39(38)47(13)31-33-27-35(43(10,16-3)17-4)29-37(41(33)49)45(12,20-7)21-8;;/h26-30,38-39,48-49H,14-25,31H2,1-13H3;;/t38-,39?;;/m1../s1. The van der Waals surface area contributed by atoms with Crippen LogP contribution in [0.5, 0.6) is 11.5 Å². The average molecular weight is 742 g/mol. The number of nitrogens with zero attached hydrogens (tertiary/aromatic N) is 2. The predicted octanol–water partition coefficient (Wildman–Crippen LogP) is 12.1. The van der Waals surface area contributed by atoms with E-state index in [0.29, 0.717) is 18.0 Å². The molecule has 0 aliphatic heterocycles. The summed E-state index contributed by atoms with van der Waals surface area (Å²) in [5.41, 5.74) is 6.67. The molecule has 0 saturated heterocycles. The number of phenols is 2. The first kappa shape index (κ1) is 45.2. The molecule has 2 N–H and O–H groups in total. The van der Waals surface area contributed by atoms with Crippen molar-refractivity contribution in [1.29, 1.82) is 0 Å². The fourth-order valence-electron chi connectivity index (χ4n) is 8.11. The predicted molar refractivity (Wildman–Crippen MR) is 214 cm³/mol. The second-order valence-electron chi connectivity index (χ2n) is 16.7. The Morgan fingerprint density at radius 1 is 0.667 bits per heavy atom. The second-order valence-corrected chi connectivity index (χ2v) is 16.7. The van der Waals surface area contributed by atoms with Crippen molar-refractivity contribution < 1.29 is 31.3 Å². The molecule has 0 bridgehead atoms. The monoisotopic (exact) mass is 742 g/mol. The van der Waals surface area contributed by atoms with Crippen LogP contribution < -0.4 is 0 Å². The van der Waals surface area contributed by atoms with Gasteiger partial charge in [-0.25, -0.2) is 0 Å². The minimum absolute atomic E-state index is 0.0493. The first-order valence-corrected chi connectivity index (χ1v) is 20.8. The molecule has 2 atom stereocenters. The van der Waals surface area contributed by atoms with Crippen LogP contribution >= 0.6 is 0 Å². The third-order valence-corrected chi connectivity index (χ3v) is 14.4. The van der Waals surface area contributed by atoms with Gasteiger partial charge >= 0.3 is 21.0 Å². The zero-order valence-corrected chi connectivity index (χ0v) is 36.3. The summed E-state index contributed by atoms with van der Waals surface area (Å²) in [6.07, 6.45) is 14.6. The number of hydrogen-bond acceptors (Lipinski definition) is 5. The fourth-order valence-corrected chi connectivity index (χ4v) is 8.11. The van der Waals surface area contributed by atoms with Crippen molar-refractivity contribution in [1.82, 2.24) is 4.90 Å². The molecule has 1 unspecified atom stereocenters. The molecule has 0 radical (unpaired) electrons. The number of aliphatic imine (C=N–C) groups is 1. The van der Waals surface area contributed by atoms with Crippen LogP contribution in [0.2, 0.25) is 0 Å². The van der Waals surface area contributed by atoms with E-state index in [1.54, 1.807) is 0 Å². The summed E-state index contributed by atoms with van der Waals surface area (Å²) in [6.45, 7) is 28.1. The topological polar surface area (TPSA) is 73.1 Å². The van der Waals surface area contributed by atoms with Crippen molar-refractivity contribution in [2.24, 2.45) is 4.99 Å². The van der Waals surface area contributed by atoms with E-state index in [1.165, 1.54) is 24.0 Å². The molecular formula is C45H74N2O3V. The second kappa shape index (κ2) is 19.4. The Labute approximate surface area is 322 Å². The molecule has 0 aromatic heterocycles. The van der Waals surface area contributed by atoms with Gasteiger partial charge in [-0.05, 0) is 110 Å². The van der Waals surface area contributed by atoms with E-state index >= 15 is 0 Å². The zero-order chi connectivity index (χ0) is 38.8. The van der Waals surface area contributed by atoms with Gasteiger partial charge in [-0.3, -0.25) is 9.89 Å². The summed E-state index contributed by atoms with van der Waals surface area (Å²) in [5.74, 6) is 0.874. The van der Waals surface area contributed by atoms with Gasteiger partial charge in [0.25, 0.3) is 0 Å². The van der Waals surface area contributed by atoms with Crippen LogP contribution in [0, 0.1) is 0 Å². The Bertz CT molecular complexity index is 1420. The Morgan fingerprint density at radius 3 is 1.53 bits per heavy atom. The SMILES string of the molecule is CCC(C)(CC)c1cc(C=N[C@@H]2CCCCC2N(C)Cc2cc(C(C)(CC)CC)cc(C(C)(CC)CC)c2O)c(O)c(C(C)(CC)CC)c1.[O]=[V]. The van der Waals surface area contributed by atoms with Crippen molar-refractivity contribution in [3.05, 3.63) is 57.6 Å². The van der Waals surface area contributed by atoms with Crippen molar-refractivity contribution in [3.63, 3.8) is 0 Å². The summed E-state index contributed by atoms with van der Waals surface area (Å²) in [5, 5.41) is 23.7. The molecule has 5 nitrogen and oxygen atoms in total. The number of benzene rings is 2. The summed E-state index contributed by atoms with van der Waals surface area (Å²) < 4.78 is 8.19. The van der Waals surface area contributed by atoms with E-state index in [4.69, 9.17) is 8.67 Å². The molecule has 0 heterocycles. The van der Waals surface area contributed by atoms with Gasteiger partial charge in [0.05, 0.1) is 6.04 Å². The maximum absolute atomic E-state index is 11.9. The molecule has 0 spiro atoms. The van der Waals surface area contributed by atoms with E-state index < -0.39 is 0 Å². The molecule has 1 aliphatic carbocycles. The Kier molecular flexibility index (Phi) is 17.2. The Balaban J connectivity index is 0.00000442. The van der Waals surface area contributed by atoms with Crippen LogP contribution in [-0.2, 0) is 49.2 Å². The minimum atomic E-state index is -0.0919. The quantitative estimate of drug-likeness (QED) is 0.158. The molecule has 2 aromatic rings. The first-order valence-electron chi connectivity index (χ1n) is 20.3. The Morgan fingerprint density at radius 2 is 1.08 bits per heavy atom. The van der Waals surface area contributed by atoms with E-state index in [1.807, 2.05) is 6.21 Å². The van der Waals surface area contributed by atoms with E-state index in [0.717, 1.165) is 104 Å². The summed E-state index contributed by atoms with van der Waals surface area (Å²) in [6, 6.07) is 9.54. The molecule has 6 heteroatoms. The zero-order valence-electron chi connectivity index (χ0n) is 34.9. The number of phenolic OH excluding ortho intramolecular Hbond substituents is 2. The van der Waals surface area contributed by atoms with Gasteiger partial charge in [0.2, 0.25) is 0 Å². The van der Waals surface area contributed by atoms with Gasteiger partial charge in [0.1, 0.15) is 11.5 Å². The number of aromatic hydroxyl groups is 2. The normalized spacial score (nSPS) is 17.5. The van der Waals surface area contributed by atoms with Crippen LogP contribution in [-0.4, -0.2) is 40.5 Å². The van der Waals surface area contributed by atoms with Gasteiger partial charge in [-0.1, -0.05) is 114 Å². The van der Waals surface area contributed by atoms with Gasteiger partial charge < -0.3 is 10.2 Å². The van der Waals surface area contributed by atoms with Crippen LogP contribution in [0.15, 0.2) is 29.3 Å². The molecule has 287 valence electrons. The fraction of sp³-hybridized carbons (Fsp3) is 0.711. The summed E-state index contributed by atoms with van der Waals surface area (Å²) in [7, 11) is 2.22. The van der Waals surface area contributed by atoms with Crippen LogP contribution in [0.1, 0.15) is 194 Å². The van der Waals surface area contributed by atoms with Gasteiger partial charge in [0, 0.05) is 41.1 Å². The number of rotatable bonds is 17. The number of hydrogen-bond donors (Lipinski definition) is 2. The van der Waals surface area contributed by atoms with Gasteiger partial charge in [-0.15, -0.1) is 0 Å². The maximum atomic E-state index is 11.9. The summed E-state index contributed by atoms with van der Waals surface area (Å²) in [4.78, 5) is 7.76. The van der Waals surface area contributed by atoms with Crippen molar-refractivity contribution >= 4 is 6.21 Å². The molecule has 1 aliphatic rings. The first-order chi connectivity index (χ1) is 24.1. The summed E-state index contributed by atoms with van der Waals surface area (Å²) >= 11 is 1.06. The third kappa shape index (κ3) is 9.79. The van der Waals surface area contributed by atoms with Crippen molar-refractivity contribution in [2.75, 3.05) is 7.05 Å². The van der Waals surface area contributed by atoms with E-state index in [-0.39, 0.29) is 33.7 Å². The average Bonchev–Trinajstić information content (AvgIpc) is 3.17. The molecule has 1 saturated carbocycles. The van der Waals surface area contributed by atoms with Crippen LogP contribution in [0.4, 0.5) is 0 Å². The number of likely N-dealkylation sites (N-methyl/N-ethyl adjacent to an activating group) is 1. The van der Waals surface area contributed by atoms with Crippen LogP contribution in [0.3, 0.4) is 0 Å². The molecular weight excluding hydrogens is 667 g/mol. The third-order valence-electron chi connectivity index (χ3n) is 14.4. The van der Waals surface area contributed by atoms with Crippen molar-refractivity contribution in [3.8, 4) is 11.5 Å². The molecule has 51 heavy (non-hydrogen) atoms. The van der Waals surface area contributed by atoms with Crippen molar-refractivity contribution in [2.45, 2.75) is 200 Å².